The van der Waals surface area contributed by atoms with Crippen LogP contribution in [0.4, 0.5) is 0 Å². The molecule has 7 nitrogen and oxygen atoms in total. The normalized spacial score (nSPS) is 19.9. The predicted molar refractivity (Wildman–Crippen MR) is 77.8 cm³/mol. The van der Waals surface area contributed by atoms with Gasteiger partial charge in [-0.3, -0.25) is 14.4 Å². The number of aryl methyl sites for hydroxylation is 1. The molecule has 2 aromatic rings. The molecule has 3 heterocycles. The highest BCUT2D eigenvalue weighted by Gasteiger charge is 2.30. The van der Waals surface area contributed by atoms with Gasteiger partial charge in [-0.1, -0.05) is 0 Å². The molecule has 0 bridgehead atoms. The molecule has 0 unspecified atom stereocenters. The standard InChI is InChI=1S/C14H20N6O/c1-3-20-9-11(8-17-20)14(21)19-7-6-18(2)12(10-19)13-15-4-5-16-13/h4-5,8-9,12H,3,6-7,10H2,1-2H3,(H,15,16)/t12-/m0/s1. The molecule has 1 saturated heterocycles. The fraction of sp³-hybridized carbons (Fsp3) is 0.500. The van der Waals surface area contributed by atoms with Crippen LogP contribution in [0.1, 0.15) is 29.1 Å². The first kappa shape index (κ1) is 13.8. The zero-order chi connectivity index (χ0) is 14.8. The molecule has 0 saturated carbocycles. The van der Waals surface area contributed by atoms with Crippen LogP contribution in [0, 0.1) is 0 Å². The van der Waals surface area contributed by atoms with Crippen molar-refractivity contribution < 1.29 is 4.79 Å². The minimum atomic E-state index is 0.0411. The van der Waals surface area contributed by atoms with E-state index in [-0.39, 0.29) is 11.9 Å². The number of H-pyrrole nitrogens is 1. The van der Waals surface area contributed by atoms with E-state index >= 15 is 0 Å². The monoisotopic (exact) mass is 288 g/mol. The van der Waals surface area contributed by atoms with Crippen molar-refractivity contribution in [3.05, 3.63) is 36.2 Å². The number of aromatic amines is 1. The van der Waals surface area contributed by atoms with E-state index in [9.17, 15) is 4.79 Å². The molecule has 7 heteroatoms. The van der Waals surface area contributed by atoms with Crippen LogP contribution in [0.25, 0.3) is 0 Å². The molecule has 21 heavy (non-hydrogen) atoms. The average molecular weight is 288 g/mol. The minimum Gasteiger partial charge on any atom is -0.347 e. The quantitative estimate of drug-likeness (QED) is 0.905. The summed E-state index contributed by atoms with van der Waals surface area (Å²) < 4.78 is 1.77. The predicted octanol–water partition coefficient (Wildman–Crippen LogP) is 0.755. The summed E-state index contributed by atoms with van der Waals surface area (Å²) in [5.41, 5.74) is 0.652. The Bertz CT molecular complexity index is 605. The van der Waals surface area contributed by atoms with Crippen LogP contribution in [0.2, 0.25) is 0 Å². The van der Waals surface area contributed by atoms with Crippen molar-refractivity contribution in [3.8, 4) is 0 Å². The molecule has 0 aromatic carbocycles. The number of nitrogens with zero attached hydrogens (tertiary/aromatic N) is 5. The largest absolute Gasteiger partial charge is 0.347 e. The van der Waals surface area contributed by atoms with Gasteiger partial charge in [0.15, 0.2) is 0 Å². The fourth-order valence-electron chi connectivity index (χ4n) is 2.64. The topological polar surface area (TPSA) is 70.1 Å². The highest BCUT2D eigenvalue weighted by atomic mass is 16.2. The van der Waals surface area contributed by atoms with Gasteiger partial charge in [0.1, 0.15) is 5.82 Å². The van der Waals surface area contributed by atoms with E-state index in [2.05, 4.69) is 27.0 Å². The number of amides is 1. The smallest absolute Gasteiger partial charge is 0.257 e. The third kappa shape index (κ3) is 2.69. The summed E-state index contributed by atoms with van der Waals surface area (Å²) in [6.45, 7) is 4.97. The third-order valence-electron chi connectivity index (χ3n) is 3.97. The molecule has 1 aliphatic rings. The first-order valence-corrected chi connectivity index (χ1v) is 7.20. The van der Waals surface area contributed by atoms with Gasteiger partial charge in [0.05, 0.1) is 17.8 Å². The van der Waals surface area contributed by atoms with Gasteiger partial charge in [0.25, 0.3) is 5.91 Å². The lowest BCUT2D eigenvalue weighted by Crippen LogP contribution is -2.49. The van der Waals surface area contributed by atoms with Gasteiger partial charge in [-0.15, -0.1) is 0 Å². The van der Waals surface area contributed by atoms with E-state index in [0.29, 0.717) is 12.1 Å². The number of piperazine rings is 1. The highest BCUT2D eigenvalue weighted by molar-refractivity contribution is 5.93. The number of aromatic nitrogens is 4. The Hall–Kier alpha value is -2.15. The number of imidazole rings is 1. The summed E-state index contributed by atoms with van der Waals surface area (Å²) in [4.78, 5) is 24.1. The zero-order valence-electron chi connectivity index (χ0n) is 12.4. The average Bonchev–Trinajstić information content (AvgIpc) is 3.18. The minimum absolute atomic E-state index is 0.0411. The fourth-order valence-corrected chi connectivity index (χ4v) is 2.64. The second kappa shape index (κ2) is 5.69. The molecule has 1 atom stereocenters. The molecule has 2 aromatic heterocycles. The second-order valence-corrected chi connectivity index (χ2v) is 5.31. The van der Waals surface area contributed by atoms with Gasteiger partial charge in [0, 0.05) is 44.8 Å². The molecular weight excluding hydrogens is 268 g/mol. The molecule has 1 aliphatic heterocycles. The summed E-state index contributed by atoms with van der Waals surface area (Å²) in [6, 6.07) is 0.110. The molecule has 1 amide bonds. The molecule has 1 fully saturated rings. The van der Waals surface area contributed by atoms with Crippen LogP contribution in [0.5, 0.6) is 0 Å². The first-order chi connectivity index (χ1) is 10.2. The molecule has 0 spiro atoms. The van der Waals surface area contributed by atoms with Crippen molar-refractivity contribution in [1.29, 1.82) is 0 Å². The third-order valence-corrected chi connectivity index (χ3v) is 3.97. The maximum Gasteiger partial charge on any atom is 0.257 e. The summed E-state index contributed by atoms with van der Waals surface area (Å²) >= 11 is 0. The van der Waals surface area contributed by atoms with E-state index in [0.717, 1.165) is 25.5 Å². The Morgan fingerprint density at radius 3 is 3.00 bits per heavy atom. The lowest BCUT2D eigenvalue weighted by Gasteiger charge is -2.38. The number of hydrogen-bond donors (Lipinski definition) is 1. The van der Waals surface area contributed by atoms with E-state index in [1.807, 2.05) is 24.2 Å². The molecule has 1 N–H and O–H groups in total. The van der Waals surface area contributed by atoms with Crippen molar-refractivity contribution in [1.82, 2.24) is 29.5 Å². The van der Waals surface area contributed by atoms with Crippen LogP contribution in [0.15, 0.2) is 24.8 Å². The van der Waals surface area contributed by atoms with Gasteiger partial charge in [-0.2, -0.15) is 5.10 Å². The van der Waals surface area contributed by atoms with E-state index < -0.39 is 0 Å². The van der Waals surface area contributed by atoms with Gasteiger partial charge < -0.3 is 9.88 Å². The number of rotatable bonds is 3. The maximum atomic E-state index is 12.6. The van der Waals surface area contributed by atoms with E-state index in [4.69, 9.17) is 0 Å². The number of carbonyl (C=O) groups excluding carboxylic acids is 1. The van der Waals surface area contributed by atoms with Crippen LogP contribution in [-0.2, 0) is 6.54 Å². The Morgan fingerprint density at radius 1 is 1.48 bits per heavy atom. The van der Waals surface area contributed by atoms with E-state index in [1.165, 1.54) is 0 Å². The summed E-state index contributed by atoms with van der Waals surface area (Å²) in [5.74, 6) is 0.943. The molecule has 0 radical (unpaired) electrons. The Labute approximate surface area is 123 Å². The first-order valence-electron chi connectivity index (χ1n) is 7.20. The van der Waals surface area contributed by atoms with Gasteiger partial charge in [-0.25, -0.2) is 4.98 Å². The maximum absolute atomic E-state index is 12.6. The number of nitrogens with one attached hydrogen (secondary N) is 1. The summed E-state index contributed by atoms with van der Waals surface area (Å²) in [5, 5.41) is 4.17. The van der Waals surface area contributed by atoms with Gasteiger partial charge in [-0.05, 0) is 14.0 Å². The lowest BCUT2D eigenvalue weighted by atomic mass is 10.1. The van der Waals surface area contributed by atoms with Crippen molar-refractivity contribution in [2.45, 2.75) is 19.5 Å². The second-order valence-electron chi connectivity index (χ2n) is 5.31. The molecular formula is C14H20N6O. The lowest BCUT2D eigenvalue weighted by molar-refractivity contribution is 0.0534. The van der Waals surface area contributed by atoms with Crippen LogP contribution < -0.4 is 0 Å². The number of hydrogen-bond acceptors (Lipinski definition) is 4. The number of likely N-dealkylation sites (N-methyl/N-ethyl adjacent to an activating group) is 1. The van der Waals surface area contributed by atoms with Gasteiger partial charge in [0.2, 0.25) is 0 Å². The molecule has 112 valence electrons. The van der Waals surface area contributed by atoms with Crippen LogP contribution in [-0.4, -0.2) is 62.1 Å². The van der Waals surface area contributed by atoms with E-state index in [1.54, 1.807) is 17.1 Å². The molecule has 0 aliphatic carbocycles. The number of carbonyl (C=O) groups is 1. The van der Waals surface area contributed by atoms with Crippen LogP contribution >= 0.6 is 0 Å². The highest BCUT2D eigenvalue weighted by Crippen LogP contribution is 2.22. The Balaban J connectivity index is 1.75. The van der Waals surface area contributed by atoms with Crippen molar-refractivity contribution >= 4 is 5.91 Å². The zero-order valence-corrected chi connectivity index (χ0v) is 12.4. The summed E-state index contributed by atoms with van der Waals surface area (Å²) in [7, 11) is 2.06. The van der Waals surface area contributed by atoms with Crippen molar-refractivity contribution in [2.24, 2.45) is 0 Å². The Kier molecular flexibility index (Phi) is 3.74. The summed E-state index contributed by atoms with van der Waals surface area (Å²) in [6.07, 6.45) is 7.01. The van der Waals surface area contributed by atoms with Gasteiger partial charge >= 0.3 is 0 Å². The SMILES string of the molecule is CCn1cc(C(=O)N2CCN(C)[C@H](c3ncc[nH]3)C2)cn1. The van der Waals surface area contributed by atoms with Crippen LogP contribution in [0.3, 0.4) is 0 Å². The van der Waals surface area contributed by atoms with Crippen molar-refractivity contribution in [3.63, 3.8) is 0 Å². The Morgan fingerprint density at radius 2 is 2.33 bits per heavy atom. The van der Waals surface area contributed by atoms with Crippen molar-refractivity contribution in [2.75, 3.05) is 26.7 Å². The molecule has 3 rings (SSSR count).